The zero-order valence-corrected chi connectivity index (χ0v) is 30.1. The van der Waals surface area contributed by atoms with E-state index in [9.17, 15) is 37.5 Å². The van der Waals surface area contributed by atoms with Gasteiger partial charge in [-0.3, -0.25) is 9.59 Å². The molecule has 4 rings (SSSR count). The highest BCUT2D eigenvalue weighted by Crippen LogP contribution is 2.26. The van der Waals surface area contributed by atoms with Crippen molar-refractivity contribution in [3.8, 4) is 16.9 Å². The fraction of sp³-hybridized carbons (Fsp3) is 0.429. The lowest BCUT2D eigenvalue weighted by molar-refractivity contribution is -0.754. The van der Waals surface area contributed by atoms with Crippen LogP contribution >= 0.6 is 0 Å². The van der Waals surface area contributed by atoms with Gasteiger partial charge in [-0.1, -0.05) is 24.3 Å². The monoisotopic (exact) mass is 750 g/mol. The van der Waals surface area contributed by atoms with E-state index in [4.69, 9.17) is 28.9 Å². The van der Waals surface area contributed by atoms with Crippen molar-refractivity contribution in [2.75, 3.05) is 13.2 Å². The first-order valence-corrected chi connectivity index (χ1v) is 16.0. The molecule has 1 aliphatic rings. The molecule has 0 saturated heterocycles. The molecule has 2 heterocycles. The van der Waals surface area contributed by atoms with Gasteiger partial charge in [-0.25, -0.2) is 14.4 Å². The summed E-state index contributed by atoms with van der Waals surface area (Å²) >= 11 is 0. The van der Waals surface area contributed by atoms with Crippen LogP contribution in [0.2, 0.25) is 0 Å². The maximum Gasteiger partial charge on any atom is 0.430 e. The number of amides is 3. The van der Waals surface area contributed by atoms with Gasteiger partial charge in [0.25, 0.3) is 11.8 Å². The fourth-order valence-corrected chi connectivity index (χ4v) is 4.50. The fourth-order valence-electron chi connectivity index (χ4n) is 4.50. The van der Waals surface area contributed by atoms with Crippen LogP contribution in [0.25, 0.3) is 11.1 Å². The lowest BCUT2D eigenvalue weighted by atomic mass is 10.1. The number of hydroxylamine groups is 2. The van der Waals surface area contributed by atoms with E-state index in [1.807, 2.05) is 40.9 Å². The molecule has 1 aromatic heterocycles. The average Bonchev–Trinajstić information content (AvgIpc) is 3.52. The molecule has 1 aliphatic heterocycles. The zero-order chi connectivity index (χ0) is 39.9. The van der Waals surface area contributed by atoms with Crippen molar-refractivity contribution in [1.82, 2.24) is 15.1 Å². The molecule has 0 aliphatic carbocycles. The predicted molar refractivity (Wildman–Crippen MR) is 176 cm³/mol. The summed E-state index contributed by atoms with van der Waals surface area (Å²) in [6.07, 6.45) is -4.31. The van der Waals surface area contributed by atoms with E-state index in [1.54, 1.807) is 65.8 Å². The number of benzene rings is 2. The quantitative estimate of drug-likeness (QED) is 0.166. The number of aryl methyl sites for hydroxylation is 1. The van der Waals surface area contributed by atoms with Crippen LogP contribution in [-0.2, 0) is 37.5 Å². The number of aliphatic hydroxyl groups is 1. The highest BCUT2D eigenvalue weighted by molar-refractivity contribution is 6.20. The lowest BCUT2D eigenvalue weighted by Crippen LogP contribution is -2.43. The molecule has 0 spiro atoms. The number of aromatic nitrogens is 2. The number of ether oxygens (including phenoxy) is 3. The van der Waals surface area contributed by atoms with Crippen LogP contribution in [0.5, 0.6) is 5.75 Å². The Morgan fingerprint density at radius 2 is 1.42 bits per heavy atom. The maximum atomic E-state index is 13.0. The van der Waals surface area contributed by atoms with Gasteiger partial charge in [0.05, 0.1) is 29.0 Å². The number of nitrogens with one attached hydrogen (secondary N) is 1. The number of imide groups is 1. The number of carbonyl (C=O) groups excluding carboxylic acids is 5. The number of carboxylic acid groups (broad SMARTS) is 1. The summed E-state index contributed by atoms with van der Waals surface area (Å²) in [4.78, 5) is 65.0. The molecule has 15 nitrogen and oxygen atoms in total. The summed E-state index contributed by atoms with van der Waals surface area (Å²) in [7, 11) is 1.83. The normalized spacial score (nSPS) is 14.1. The Bertz CT molecular complexity index is 1760. The molecule has 18 heteroatoms. The summed E-state index contributed by atoms with van der Waals surface area (Å²) in [5.74, 6) is -4.74. The number of alkyl halides is 3. The van der Waals surface area contributed by atoms with E-state index in [0.29, 0.717) is 10.8 Å². The molecular weight excluding hydrogens is 709 g/mol. The van der Waals surface area contributed by atoms with E-state index in [0.717, 1.165) is 11.1 Å². The molecule has 0 radical (unpaired) electrons. The van der Waals surface area contributed by atoms with Gasteiger partial charge in [-0.15, -0.1) is 9.75 Å². The highest BCUT2D eigenvalue weighted by Gasteiger charge is 2.40. The number of esters is 1. The first kappa shape index (κ1) is 41.9. The molecule has 3 aromatic rings. The number of aliphatic carboxylic acids is 1. The second-order valence-corrected chi connectivity index (χ2v) is 13.6. The minimum absolute atomic E-state index is 0.0233. The van der Waals surface area contributed by atoms with Crippen LogP contribution in [-0.4, -0.2) is 87.4 Å². The maximum absolute atomic E-state index is 13.0. The van der Waals surface area contributed by atoms with Gasteiger partial charge >= 0.3 is 18.2 Å². The number of alkyl carbamates (subject to hydrolysis) is 1. The molecule has 53 heavy (non-hydrogen) atoms. The average molecular weight is 751 g/mol. The van der Waals surface area contributed by atoms with Crippen molar-refractivity contribution in [3.05, 3.63) is 72.1 Å². The predicted octanol–water partition coefficient (Wildman–Crippen LogP) is 2.48. The van der Waals surface area contributed by atoms with Gasteiger partial charge in [0.2, 0.25) is 12.3 Å². The SMILES string of the molecule is C[n+]1cc(-c2ccc(OC[C@H](ON3C(=O)c4ccccc4C3=O)C(=O)OC(C)(C)C)cc2)cn1CC(O)CNC(=O)OC(C)(C)C.O=C([O-])C(F)(F)F. The number of hydrogen-bond acceptors (Lipinski definition) is 11. The Balaban J connectivity index is 0.000000980. The molecule has 2 aromatic carbocycles. The molecule has 0 saturated carbocycles. The Kier molecular flexibility index (Phi) is 13.4. The summed E-state index contributed by atoms with van der Waals surface area (Å²) in [5, 5.41) is 22.4. The number of carbonyl (C=O) groups is 5. The van der Waals surface area contributed by atoms with Gasteiger partial charge in [0, 0.05) is 6.54 Å². The second-order valence-electron chi connectivity index (χ2n) is 13.6. The summed E-state index contributed by atoms with van der Waals surface area (Å²) in [5.41, 5.74) is 0.602. The van der Waals surface area contributed by atoms with E-state index in [-0.39, 0.29) is 30.8 Å². The van der Waals surface area contributed by atoms with E-state index >= 15 is 0 Å². The number of halogens is 3. The topological polar surface area (TPSA) is 190 Å². The van der Waals surface area contributed by atoms with Crippen LogP contribution in [0.3, 0.4) is 0 Å². The van der Waals surface area contributed by atoms with E-state index in [1.165, 1.54) is 12.1 Å². The van der Waals surface area contributed by atoms with Crippen LogP contribution in [0.15, 0.2) is 60.9 Å². The van der Waals surface area contributed by atoms with Gasteiger partial charge < -0.3 is 34.5 Å². The van der Waals surface area contributed by atoms with Crippen molar-refractivity contribution in [2.45, 2.75) is 77.7 Å². The smallest absolute Gasteiger partial charge is 0.430 e. The first-order chi connectivity index (χ1) is 24.4. The largest absolute Gasteiger partial charge is 0.542 e. The summed E-state index contributed by atoms with van der Waals surface area (Å²) < 4.78 is 51.7. The molecule has 0 fully saturated rings. The van der Waals surface area contributed by atoms with Crippen LogP contribution in [0, 0.1) is 0 Å². The highest BCUT2D eigenvalue weighted by atomic mass is 19.4. The molecule has 0 bridgehead atoms. The standard InChI is InChI=1S/C33H40N4O9.C2HF3O2/c1-32(2,3)44-30(41)27(46-37-28(39)25-10-8-9-11-26(25)29(37)40)20-43-24-14-12-21(13-15-24)22-17-35(7)36(18-22)19-23(38)16-34-31(42)45-33(4,5)6;3-2(4,5)1(6)7/h8-15,17-18,23,27,38H,16,19-20H2,1-7H3;(H,6,7)/t23?,27-;/m0./s1. The van der Waals surface area contributed by atoms with Gasteiger partial charge in [-0.2, -0.15) is 17.9 Å². The number of hydrogen-bond donors (Lipinski definition) is 2. The van der Waals surface area contributed by atoms with Gasteiger partial charge in [-0.05, 0) is 71.4 Å². The third-order valence-corrected chi connectivity index (χ3v) is 6.78. The van der Waals surface area contributed by atoms with E-state index in [2.05, 4.69) is 5.32 Å². The molecular formula is C35H41F3N4O11. The second kappa shape index (κ2) is 16.9. The molecule has 288 valence electrons. The molecule has 1 unspecified atom stereocenters. The summed E-state index contributed by atoms with van der Waals surface area (Å²) in [6, 6.07) is 13.4. The third-order valence-electron chi connectivity index (χ3n) is 6.78. The third kappa shape index (κ3) is 12.6. The Hall–Kier alpha value is -5.49. The van der Waals surface area contributed by atoms with Crippen molar-refractivity contribution in [1.29, 1.82) is 0 Å². The van der Waals surface area contributed by atoms with Crippen molar-refractivity contribution in [2.24, 2.45) is 7.05 Å². The number of fused-ring (bicyclic) bond motifs is 1. The minimum atomic E-state index is -5.19. The zero-order valence-electron chi connectivity index (χ0n) is 30.1. The van der Waals surface area contributed by atoms with Gasteiger partial charge in [0.1, 0.15) is 36.1 Å². The summed E-state index contributed by atoms with van der Waals surface area (Å²) in [6.45, 7) is 10.3. The Morgan fingerprint density at radius 1 is 0.887 bits per heavy atom. The van der Waals surface area contributed by atoms with Crippen LogP contribution in [0.4, 0.5) is 18.0 Å². The van der Waals surface area contributed by atoms with Crippen molar-refractivity contribution >= 4 is 29.8 Å². The molecule has 2 N–H and O–H groups in total. The number of rotatable bonds is 11. The van der Waals surface area contributed by atoms with Crippen molar-refractivity contribution in [3.63, 3.8) is 0 Å². The Morgan fingerprint density at radius 3 is 1.91 bits per heavy atom. The van der Waals surface area contributed by atoms with Crippen molar-refractivity contribution < 1.29 is 71.1 Å². The van der Waals surface area contributed by atoms with Crippen LogP contribution < -0.4 is 19.8 Å². The van der Waals surface area contributed by atoms with Crippen LogP contribution in [0.1, 0.15) is 62.3 Å². The lowest BCUT2D eigenvalue weighted by Gasteiger charge is -2.26. The Labute approximate surface area is 302 Å². The number of aliphatic hydroxyl groups excluding tert-OH is 1. The number of carboxylic acids is 1. The molecule has 2 atom stereocenters. The van der Waals surface area contributed by atoms with E-state index < -0.39 is 59.4 Å². The molecule has 3 amide bonds. The number of nitrogens with zero attached hydrogens (tertiary/aromatic N) is 3. The first-order valence-electron chi connectivity index (χ1n) is 16.0. The van der Waals surface area contributed by atoms with Gasteiger partial charge in [0.15, 0.2) is 7.05 Å². The minimum Gasteiger partial charge on any atom is -0.542 e.